The van der Waals surface area contributed by atoms with Crippen LogP contribution in [-0.4, -0.2) is 5.16 Å². The van der Waals surface area contributed by atoms with Crippen molar-refractivity contribution in [2.45, 2.75) is 83.7 Å². The molecule has 0 aromatic carbocycles. The van der Waals surface area contributed by atoms with E-state index in [2.05, 4.69) is 30.0 Å². The molecule has 0 aliphatic carbocycles. The average molecular weight is 362 g/mol. The number of unbranched alkanes of at least 4 members (excludes halogenated alkanes) is 3. The quantitative estimate of drug-likeness (QED) is 0.286. The van der Waals surface area contributed by atoms with Crippen molar-refractivity contribution in [2.24, 2.45) is 0 Å². The molecule has 134 valence electrons. The fourth-order valence-electron chi connectivity index (χ4n) is 2.03. The Bertz CT molecular complexity index is 239. The molecule has 1 unspecified atom stereocenters. The van der Waals surface area contributed by atoms with Crippen LogP contribution in [0.5, 0.6) is 0 Å². The van der Waals surface area contributed by atoms with Crippen LogP contribution in [0.3, 0.4) is 0 Å². The summed E-state index contributed by atoms with van der Waals surface area (Å²) in [6.07, 6.45) is 12.7. The minimum atomic E-state index is -10.7. The first-order chi connectivity index (χ1) is 9.13. The molecule has 0 N–H and O–H groups in total. The van der Waals surface area contributed by atoms with Crippen molar-refractivity contribution in [2.75, 3.05) is 0 Å². The van der Waals surface area contributed by atoms with Crippen molar-refractivity contribution in [3.8, 4) is 0 Å². The van der Waals surface area contributed by atoms with Gasteiger partial charge in [0.1, 0.15) is 0 Å². The molecule has 0 rings (SSSR count). The zero-order valence-electron chi connectivity index (χ0n) is 13.3. The molecule has 0 aromatic heterocycles. The summed E-state index contributed by atoms with van der Waals surface area (Å²) in [6.45, 7) is 6.93. The maximum atomic E-state index is 9.87. The van der Waals surface area contributed by atoms with E-state index >= 15 is 0 Å². The van der Waals surface area contributed by atoms with Crippen molar-refractivity contribution in [3.05, 3.63) is 0 Å². The standard InChI is InChI=1S/C13H29P.F6P/c1-4-7-10-13(14,11-8-5-2)12-9-6-3;1-7(2,3,4,5)6/h4-12,14H2,1-3H3;/q;-1/p+1. The Morgan fingerprint density at radius 1 is 0.667 bits per heavy atom. The Hall–Kier alpha value is 0.440. The van der Waals surface area contributed by atoms with Crippen molar-refractivity contribution in [1.82, 2.24) is 0 Å². The van der Waals surface area contributed by atoms with Gasteiger partial charge in [-0.15, -0.1) is 0 Å². The maximum absolute atomic E-state index is 10.7. The van der Waals surface area contributed by atoms with Crippen molar-refractivity contribution >= 4 is 17.0 Å². The fourth-order valence-corrected chi connectivity index (χ4v) is 2.78. The molecule has 1 atom stereocenters. The molecule has 0 spiro atoms. The fraction of sp³-hybridized carbons (Fsp3) is 1.00. The SMILES string of the molecule is CCCCC([PH3+])(CCCC)CCCC.F[P-](F)(F)(F)(F)F. The van der Waals surface area contributed by atoms with Crippen LogP contribution in [0.2, 0.25) is 0 Å². The van der Waals surface area contributed by atoms with Gasteiger partial charge in [-0.05, 0) is 47.8 Å². The van der Waals surface area contributed by atoms with Gasteiger partial charge in [-0.3, -0.25) is 0 Å². The average Bonchev–Trinajstić information content (AvgIpc) is 2.28. The van der Waals surface area contributed by atoms with Gasteiger partial charge in [0.05, 0.1) is 5.16 Å². The second-order valence-corrected chi connectivity index (χ2v) is 9.19. The number of rotatable bonds is 9. The predicted octanol–water partition coefficient (Wildman–Crippen LogP) is 8.29. The summed E-state index contributed by atoms with van der Waals surface area (Å²) >= 11 is 0. The van der Waals surface area contributed by atoms with Gasteiger partial charge in [0.2, 0.25) is 0 Å². The summed E-state index contributed by atoms with van der Waals surface area (Å²) in [4.78, 5) is 0. The predicted molar refractivity (Wildman–Crippen MR) is 86.0 cm³/mol. The van der Waals surface area contributed by atoms with Gasteiger partial charge in [-0.25, -0.2) is 0 Å². The molecule has 8 heteroatoms. The number of hydrogen-bond acceptors (Lipinski definition) is 0. The van der Waals surface area contributed by atoms with E-state index in [1.807, 2.05) is 0 Å². The third-order valence-electron chi connectivity index (χ3n) is 3.18. The molecule has 0 bridgehead atoms. The van der Waals surface area contributed by atoms with Gasteiger partial charge < -0.3 is 0 Å². The van der Waals surface area contributed by atoms with Crippen LogP contribution in [-0.2, 0) is 0 Å². The van der Waals surface area contributed by atoms with Crippen LogP contribution in [0, 0.1) is 0 Å². The molecule has 0 amide bonds. The third kappa shape index (κ3) is 29.2. The monoisotopic (exact) mass is 362 g/mol. The van der Waals surface area contributed by atoms with Crippen LogP contribution in [0.1, 0.15) is 78.6 Å². The molecule has 0 heterocycles. The van der Waals surface area contributed by atoms with Gasteiger partial charge in [0.15, 0.2) is 0 Å². The number of hydrogen-bond donors (Lipinski definition) is 0. The van der Waals surface area contributed by atoms with Crippen molar-refractivity contribution in [1.29, 1.82) is 0 Å². The summed E-state index contributed by atoms with van der Waals surface area (Å²) in [7, 11) is -8.37. The van der Waals surface area contributed by atoms with E-state index in [0.29, 0.717) is 5.16 Å². The first kappa shape index (κ1) is 23.7. The molecule has 0 nitrogen and oxygen atoms in total. The van der Waals surface area contributed by atoms with E-state index in [-0.39, 0.29) is 0 Å². The van der Waals surface area contributed by atoms with Crippen LogP contribution in [0.15, 0.2) is 0 Å². The Morgan fingerprint density at radius 3 is 1.00 bits per heavy atom. The molecule has 0 saturated carbocycles. The Kier molecular flexibility index (Phi) is 9.41. The second kappa shape index (κ2) is 8.34. The zero-order chi connectivity index (χ0) is 17.3. The molecule has 0 aliphatic rings. The molecule has 21 heavy (non-hydrogen) atoms. The van der Waals surface area contributed by atoms with Crippen LogP contribution >= 0.6 is 17.0 Å². The molecule has 0 fully saturated rings. The molecular formula is C13H30F6P2. The Labute approximate surface area is 126 Å². The van der Waals surface area contributed by atoms with Crippen molar-refractivity contribution in [3.63, 3.8) is 0 Å². The summed E-state index contributed by atoms with van der Waals surface area (Å²) in [6, 6.07) is 0. The van der Waals surface area contributed by atoms with Gasteiger partial charge in [-0.2, -0.15) is 0 Å². The van der Waals surface area contributed by atoms with Gasteiger partial charge >= 0.3 is 33.0 Å². The van der Waals surface area contributed by atoms with Crippen LogP contribution < -0.4 is 0 Å². The minimum absolute atomic E-state index is 0.683. The summed E-state index contributed by atoms with van der Waals surface area (Å²) in [5, 5.41) is 0.683. The van der Waals surface area contributed by atoms with E-state index in [1.54, 1.807) is 0 Å². The van der Waals surface area contributed by atoms with Gasteiger partial charge in [0, 0.05) is 0 Å². The second-order valence-electron chi connectivity index (χ2n) is 5.77. The van der Waals surface area contributed by atoms with Gasteiger partial charge in [0.25, 0.3) is 0 Å². The normalized spacial score (nSPS) is 15.9. The molecule has 0 aromatic rings. The van der Waals surface area contributed by atoms with E-state index in [9.17, 15) is 25.2 Å². The first-order valence-corrected chi connectivity index (χ1v) is 10.3. The molecular weight excluding hydrogens is 332 g/mol. The van der Waals surface area contributed by atoms with E-state index < -0.39 is 7.81 Å². The van der Waals surface area contributed by atoms with E-state index in [4.69, 9.17) is 0 Å². The summed E-state index contributed by atoms with van der Waals surface area (Å²) in [5.74, 6) is 0. The topological polar surface area (TPSA) is 0 Å². The molecule has 0 aliphatic heterocycles. The van der Waals surface area contributed by atoms with E-state index in [0.717, 1.165) is 0 Å². The summed E-state index contributed by atoms with van der Waals surface area (Å²) < 4.78 is 59.2. The number of halogens is 6. The zero-order valence-corrected chi connectivity index (χ0v) is 15.6. The first-order valence-electron chi connectivity index (χ1n) is 7.55. The molecule has 0 radical (unpaired) electrons. The van der Waals surface area contributed by atoms with Gasteiger partial charge in [-0.1, -0.05) is 40.0 Å². The Morgan fingerprint density at radius 2 is 0.857 bits per heavy atom. The van der Waals surface area contributed by atoms with Crippen molar-refractivity contribution < 1.29 is 25.2 Å². The summed E-state index contributed by atoms with van der Waals surface area (Å²) in [5.41, 5.74) is 0. The van der Waals surface area contributed by atoms with Crippen LogP contribution in [0.25, 0.3) is 0 Å². The van der Waals surface area contributed by atoms with Crippen LogP contribution in [0.4, 0.5) is 25.2 Å². The van der Waals surface area contributed by atoms with E-state index in [1.165, 1.54) is 57.8 Å². The molecule has 0 saturated heterocycles. The third-order valence-corrected chi connectivity index (χ3v) is 4.24. The Balaban J connectivity index is 0.